The Hall–Kier alpha value is -3.29. The van der Waals surface area contributed by atoms with Gasteiger partial charge in [0.25, 0.3) is 0 Å². The van der Waals surface area contributed by atoms with Crippen molar-refractivity contribution in [3.8, 4) is 17.2 Å². The monoisotopic (exact) mass is 372 g/mol. The average molecular weight is 372 g/mol. The largest absolute Gasteiger partial charge is 0.489 e. The van der Waals surface area contributed by atoms with Crippen LogP contribution in [0.5, 0.6) is 17.2 Å². The molecule has 7 nitrogen and oxygen atoms in total. The van der Waals surface area contributed by atoms with Gasteiger partial charge in [0, 0.05) is 12.5 Å². The van der Waals surface area contributed by atoms with E-state index in [-0.39, 0.29) is 31.0 Å². The van der Waals surface area contributed by atoms with Crippen molar-refractivity contribution >= 4 is 17.5 Å². The summed E-state index contributed by atoms with van der Waals surface area (Å²) in [6, 6.07) is 8.73. The van der Waals surface area contributed by atoms with Crippen LogP contribution in [0.15, 0.2) is 36.4 Å². The number of carbonyl (C=O) groups excluding carboxylic acids is 2. The molecule has 140 valence electrons. The second-order valence-electron chi connectivity index (χ2n) is 6.27. The van der Waals surface area contributed by atoms with E-state index in [1.54, 1.807) is 24.3 Å². The van der Waals surface area contributed by atoms with Crippen molar-refractivity contribution in [2.45, 2.75) is 25.5 Å². The van der Waals surface area contributed by atoms with Crippen LogP contribution in [0.25, 0.3) is 0 Å². The van der Waals surface area contributed by atoms with Gasteiger partial charge in [-0.15, -0.1) is 0 Å². The van der Waals surface area contributed by atoms with Crippen molar-refractivity contribution in [2.75, 3.05) is 12.1 Å². The number of hydrogen-bond donors (Lipinski definition) is 2. The number of benzene rings is 2. The maximum Gasteiger partial charge on any atom is 0.247 e. The lowest BCUT2D eigenvalue weighted by Crippen LogP contribution is -2.37. The smallest absolute Gasteiger partial charge is 0.247 e. The van der Waals surface area contributed by atoms with Crippen LogP contribution in [0, 0.1) is 5.82 Å². The summed E-state index contributed by atoms with van der Waals surface area (Å²) in [7, 11) is 0. The van der Waals surface area contributed by atoms with Crippen LogP contribution in [-0.2, 0) is 16.2 Å². The SMILES string of the molecule is O=C1CCC(C(=O)Nc2cc(COc3cccc(F)c3)cc3c2OCO3)N1. The van der Waals surface area contributed by atoms with E-state index in [0.717, 1.165) is 0 Å². The molecule has 0 radical (unpaired) electrons. The van der Waals surface area contributed by atoms with Gasteiger partial charge in [0.05, 0.1) is 5.69 Å². The van der Waals surface area contributed by atoms with Crippen LogP contribution in [0.1, 0.15) is 18.4 Å². The van der Waals surface area contributed by atoms with E-state index in [1.807, 2.05) is 0 Å². The molecule has 4 rings (SSSR count). The van der Waals surface area contributed by atoms with Gasteiger partial charge in [0.2, 0.25) is 18.6 Å². The molecule has 0 spiro atoms. The number of ether oxygens (including phenoxy) is 3. The first-order valence-electron chi connectivity index (χ1n) is 8.49. The molecule has 1 atom stereocenters. The zero-order valence-electron chi connectivity index (χ0n) is 14.3. The number of carbonyl (C=O) groups is 2. The molecule has 1 fully saturated rings. The van der Waals surface area contributed by atoms with Gasteiger partial charge in [-0.05, 0) is 36.2 Å². The van der Waals surface area contributed by atoms with Gasteiger partial charge in [-0.1, -0.05) is 6.07 Å². The molecule has 1 unspecified atom stereocenters. The molecule has 0 aromatic heterocycles. The Morgan fingerprint density at radius 3 is 2.96 bits per heavy atom. The van der Waals surface area contributed by atoms with Gasteiger partial charge < -0.3 is 24.8 Å². The summed E-state index contributed by atoms with van der Waals surface area (Å²) >= 11 is 0. The Balaban J connectivity index is 1.51. The maximum atomic E-state index is 13.3. The molecular formula is C19H17FN2O5. The van der Waals surface area contributed by atoms with E-state index in [4.69, 9.17) is 14.2 Å². The first-order chi connectivity index (χ1) is 13.1. The number of fused-ring (bicyclic) bond motifs is 1. The van der Waals surface area contributed by atoms with Crippen molar-refractivity contribution in [1.29, 1.82) is 0 Å². The molecule has 2 aliphatic rings. The predicted octanol–water partition coefficient (Wildman–Crippen LogP) is 2.35. The molecule has 0 bridgehead atoms. The first kappa shape index (κ1) is 17.1. The molecule has 1 saturated heterocycles. The molecule has 0 saturated carbocycles. The Morgan fingerprint density at radius 2 is 2.19 bits per heavy atom. The highest BCUT2D eigenvalue weighted by atomic mass is 19.1. The third-order valence-electron chi connectivity index (χ3n) is 4.30. The zero-order valence-corrected chi connectivity index (χ0v) is 14.3. The van der Waals surface area contributed by atoms with Gasteiger partial charge in [-0.2, -0.15) is 0 Å². The summed E-state index contributed by atoms with van der Waals surface area (Å²) in [5, 5.41) is 5.40. The van der Waals surface area contributed by atoms with Gasteiger partial charge in [0.1, 0.15) is 24.2 Å². The molecule has 2 aliphatic heterocycles. The number of anilines is 1. The molecule has 2 aromatic carbocycles. The van der Waals surface area contributed by atoms with Crippen molar-refractivity contribution in [2.24, 2.45) is 0 Å². The lowest BCUT2D eigenvalue weighted by molar-refractivity contribution is -0.122. The van der Waals surface area contributed by atoms with Crippen molar-refractivity contribution in [3.63, 3.8) is 0 Å². The molecule has 2 amide bonds. The standard InChI is InChI=1S/C19H17FN2O5/c20-12-2-1-3-13(8-12)25-9-11-6-15(18-16(7-11)26-10-27-18)22-19(24)14-4-5-17(23)21-14/h1-3,6-8,14H,4-5,9-10H2,(H,21,23)(H,22,24). The minimum absolute atomic E-state index is 0.0482. The average Bonchev–Trinajstić information content (AvgIpc) is 3.29. The first-order valence-corrected chi connectivity index (χ1v) is 8.49. The van der Waals surface area contributed by atoms with Gasteiger partial charge in [-0.3, -0.25) is 9.59 Å². The van der Waals surface area contributed by atoms with Crippen LogP contribution < -0.4 is 24.8 Å². The van der Waals surface area contributed by atoms with Gasteiger partial charge in [0.15, 0.2) is 11.5 Å². The maximum absolute atomic E-state index is 13.3. The number of hydrogen-bond acceptors (Lipinski definition) is 5. The molecule has 2 heterocycles. The summed E-state index contributed by atoms with van der Waals surface area (Å²) in [6.07, 6.45) is 0.782. The normalized spacial score (nSPS) is 17.5. The molecule has 2 aromatic rings. The topological polar surface area (TPSA) is 85.9 Å². The second kappa shape index (κ2) is 7.14. The second-order valence-corrected chi connectivity index (χ2v) is 6.27. The van der Waals surface area contributed by atoms with E-state index in [9.17, 15) is 14.0 Å². The van der Waals surface area contributed by atoms with E-state index in [1.165, 1.54) is 12.1 Å². The van der Waals surface area contributed by atoms with Gasteiger partial charge >= 0.3 is 0 Å². The van der Waals surface area contributed by atoms with Crippen LogP contribution in [-0.4, -0.2) is 24.6 Å². The van der Waals surface area contributed by atoms with Gasteiger partial charge in [-0.25, -0.2) is 4.39 Å². The Labute approximate surface area is 154 Å². The van der Waals surface area contributed by atoms with Crippen LogP contribution in [0.2, 0.25) is 0 Å². The molecule has 2 N–H and O–H groups in total. The molecule has 27 heavy (non-hydrogen) atoms. The highest BCUT2D eigenvalue weighted by Gasteiger charge is 2.29. The van der Waals surface area contributed by atoms with Crippen molar-refractivity contribution in [1.82, 2.24) is 5.32 Å². The summed E-state index contributed by atoms with van der Waals surface area (Å²) in [5.41, 5.74) is 1.16. The van der Waals surface area contributed by atoms with E-state index < -0.39 is 6.04 Å². The number of amides is 2. The highest BCUT2D eigenvalue weighted by molar-refractivity contribution is 6.00. The van der Waals surface area contributed by atoms with Crippen molar-refractivity contribution in [3.05, 3.63) is 47.8 Å². The third-order valence-corrected chi connectivity index (χ3v) is 4.30. The summed E-state index contributed by atoms with van der Waals surface area (Å²) in [6.45, 7) is 0.204. The van der Waals surface area contributed by atoms with Crippen molar-refractivity contribution < 1.29 is 28.2 Å². The quantitative estimate of drug-likeness (QED) is 0.842. The number of nitrogens with one attached hydrogen (secondary N) is 2. The number of rotatable bonds is 5. The van der Waals surface area contributed by atoms with Crippen LogP contribution in [0.3, 0.4) is 0 Å². The van der Waals surface area contributed by atoms with Crippen LogP contribution in [0.4, 0.5) is 10.1 Å². The highest BCUT2D eigenvalue weighted by Crippen LogP contribution is 2.40. The zero-order chi connectivity index (χ0) is 18.8. The Bertz CT molecular complexity index is 902. The fourth-order valence-electron chi connectivity index (χ4n) is 3.00. The molecule has 0 aliphatic carbocycles. The fraction of sp³-hybridized carbons (Fsp3) is 0.263. The van der Waals surface area contributed by atoms with Crippen LogP contribution >= 0.6 is 0 Å². The molecular weight excluding hydrogens is 355 g/mol. The Morgan fingerprint density at radius 1 is 1.30 bits per heavy atom. The van der Waals surface area contributed by atoms with E-state index >= 15 is 0 Å². The van der Waals surface area contributed by atoms with E-state index in [2.05, 4.69) is 10.6 Å². The fourth-order valence-corrected chi connectivity index (χ4v) is 3.00. The van der Waals surface area contributed by atoms with E-state index in [0.29, 0.717) is 41.3 Å². The lowest BCUT2D eigenvalue weighted by Gasteiger charge is -2.14. The predicted molar refractivity (Wildman–Crippen MR) is 93.1 cm³/mol. The third kappa shape index (κ3) is 3.79. The Kier molecular flexibility index (Phi) is 4.53. The lowest BCUT2D eigenvalue weighted by atomic mass is 10.1. The molecule has 8 heteroatoms. The minimum atomic E-state index is -0.567. The summed E-state index contributed by atoms with van der Waals surface area (Å²) in [4.78, 5) is 23.7. The summed E-state index contributed by atoms with van der Waals surface area (Å²) < 4.78 is 29.7. The number of halogens is 1. The minimum Gasteiger partial charge on any atom is -0.489 e. The summed E-state index contributed by atoms with van der Waals surface area (Å²) in [5.74, 6) is 0.471.